The minimum absolute atomic E-state index is 0.00542. The zero-order valence-electron chi connectivity index (χ0n) is 18.3. The lowest BCUT2D eigenvalue weighted by atomic mass is 9.95. The minimum atomic E-state index is -0.836. The predicted octanol–water partition coefficient (Wildman–Crippen LogP) is 3.99. The van der Waals surface area contributed by atoms with Gasteiger partial charge in [0.05, 0.1) is 17.3 Å². The van der Waals surface area contributed by atoms with Crippen LogP contribution in [-0.2, 0) is 16.0 Å². The molecule has 3 aromatic heterocycles. The number of aryl methyl sites for hydroxylation is 3. The first-order chi connectivity index (χ1) is 15.9. The third kappa shape index (κ3) is 3.32. The lowest BCUT2D eigenvalue weighted by Gasteiger charge is -2.22. The monoisotopic (exact) mass is 459 g/mol. The van der Waals surface area contributed by atoms with Gasteiger partial charge in [0.2, 0.25) is 5.13 Å². The van der Waals surface area contributed by atoms with Crippen molar-refractivity contribution in [2.24, 2.45) is 0 Å². The van der Waals surface area contributed by atoms with Crippen molar-refractivity contribution in [2.45, 2.75) is 33.2 Å². The number of aromatic nitrogens is 4. The van der Waals surface area contributed by atoms with E-state index in [1.54, 1.807) is 24.4 Å². The molecule has 0 bridgehead atoms. The number of carbonyl (C=O) groups excluding carboxylic acids is 2. The van der Waals surface area contributed by atoms with E-state index in [0.29, 0.717) is 32.7 Å². The molecule has 9 heteroatoms. The highest BCUT2D eigenvalue weighted by Gasteiger charge is 2.48. The number of pyridine rings is 1. The predicted molar refractivity (Wildman–Crippen MR) is 125 cm³/mol. The molecule has 1 aromatic carbocycles. The summed E-state index contributed by atoms with van der Waals surface area (Å²) < 4.78 is 1.71. The van der Waals surface area contributed by atoms with Gasteiger partial charge < -0.3 is 5.11 Å². The second-order valence-corrected chi connectivity index (χ2v) is 9.00. The van der Waals surface area contributed by atoms with Crippen LogP contribution < -0.4 is 4.90 Å². The lowest BCUT2D eigenvalue weighted by Crippen LogP contribution is -2.29. The molecular weight excluding hydrogens is 438 g/mol. The zero-order chi connectivity index (χ0) is 23.3. The molecule has 0 radical (unpaired) electrons. The Bertz CT molecular complexity index is 1430. The summed E-state index contributed by atoms with van der Waals surface area (Å²) in [4.78, 5) is 32.3. The summed E-state index contributed by atoms with van der Waals surface area (Å²) in [5.74, 6) is -1.78. The third-order valence-corrected chi connectivity index (χ3v) is 6.64. The van der Waals surface area contributed by atoms with Crippen LogP contribution in [0.3, 0.4) is 0 Å². The van der Waals surface area contributed by atoms with E-state index in [1.165, 1.54) is 16.2 Å². The van der Waals surface area contributed by atoms with Crippen molar-refractivity contribution in [3.8, 4) is 0 Å². The van der Waals surface area contributed by atoms with E-state index in [4.69, 9.17) is 0 Å². The van der Waals surface area contributed by atoms with Crippen molar-refractivity contribution in [3.05, 3.63) is 81.8 Å². The molecule has 166 valence electrons. The third-order valence-electron chi connectivity index (χ3n) is 5.80. The van der Waals surface area contributed by atoms with Crippen LogP contribution in [0.25, 0.3) is 11.4 Å². The average Bonchev–Trinajstić information content (AvgIpc) is 3.47. The molecule has 33 heavy (non-hydrogen) atoms. The molecule has 4 aromatic rings. The number of aliphatic hydroxyl groups excluding tert-OH is 1. The fourth-order valence-electron chi connectivity index (χ4n) is 4.19. The molecule has 1 amide bonds. The van der Waals surface area contributed by atoms with Gasteiger partial charge in [-0.05, 0) is 43.5 Å². The fraction of sp³-hybridized carbons (Fsp3) is 0.208. The summed E-state index contributed by atoms with van der Waals surface area (Å²) >= 11 is 1.22. The first-order valence-corrected chi connectivity index (χ1v) is 11.4. The largest absolute Gasteiger partial charge is 0.505 e. The van der Waals surface area contributed by atoms with Gasteiger partial charge in [-0.3, -0.25) is 18.9 Å². The number of carbonyl (C=O) groups is 2. The van der Waals surface area contributed by atoms with Crippen LogP contribution in [0.2, 0.25) is 0 Å². The molecule has 1 N–H and O–H groups in total. The van der Waals surface area contributed by atoms with E-state index in [9.17, 15) is 14.7 Å². The highest BCUT2D eigenvalue weighted by Crippen LogP contribution is 2.43. The molecule has 1 aliphatic rings. The maximum Gasteiger partial charge on any atom is 0.301 e. The number of hydrogen-bond acceptors (Lipinski definition) is 7. The summed E-state index contributed by atoms with van der Waals surface area (Å²) in [6.07, 6.45) is 2.62. The first kappa shape index (κ1) is 21.0. The van der Waals surface area contributed by atoms with Crippen LogP contribution in [0.1, 0.15) is 40.5 Å². The number of rotatable bonds is 4. The number of fused-ring (bicyclic) bond motifs is 1. The Morgan fingerprint density at radius 1 is 1.09 bits per heavy atom. The average molecular weight is 460 g/mol. The molecule has 0 aliphatic carbocycles. The van der Waals surface area contributed by atoms with Crippen molar-refractivity contribution in [3.63, 3.8) is 0 Å². The second kappa shape index (κ2) is 7.93. The Kier molecular flexibility index (Phi) is 5.05. The number of hydrogen-bond donors (Lipinski definition) is 1. The molecular formula is C24H21N5O3S. The van der Waals surface area contributed by atoms with Crippen LogP contribution in [0, 0.1) is 13.8 Å². The van der Waals surface area contributed by atoms with Gasteiger partial charge in [0, 0.05) is 6.20 Å². The van der Waals surface area contributed by atoms with Crippen molar-refractivity contribution in [1.29, 1.82) is 0 Å². The Balaban J connectivity index is 1.77. The highest BCUT2D eigenvalue weighted by atomic mass is 32.1. The molecule has 8 nitrogen and oxygen atoms in total. The normalized spacial score (nSPS) is 17.9. The van der Waals surface area contributed by atoms with Crippen LogP contribution in [0.5, 0.6) is 0 Å². The Morgan fingerprint density at radius 2 is 1.85 bits per heavy atom. The van der Waals surface area contributed by atoms with E-state index in [0.717, 1.165) is 12.0 Å². The van der Waals surface area contributed by atoms with Crippen molar-refractivity contribution in [2.75, 3.05) is 4.90 Å². The van der Waals surface area contributed by atoms with Gasteiger partial charge in [-0.25, -0.2) is 4.98 Å². The van der Waals surface area contributed by atoms with Crippen molar-refractivity contribution >= 4 is 39.6 Å². The number of imidazole rings is 1. The van der Waals surface area contributed by atoms with E-state index < -0.39 is 17.7 Å². The number of nitrogens with zero attached hydrogens (tertiary/aromatic N) is 5. The minimum Gasteiger partial charge on any atom is -0.505 e. The van der Waals surface area contributed by atoms with E-state index in [-0.39, 0.29) is 11.3 Å². The van der Waals surface area contributed by atoms with Crippen LogP contribution in [0.15, 0.2) is 54.2 Å². The molecule has 1 atom stereocenters. The Hall–Kier alpha value is -3.85. The number of amides is 1. The second-order valence-electron chi connectivity index (χ2n) is 7.84. The van der Waals surface area contributed by atoms with Gasteiger partial charge in [0.25, 0.3) is 5.78 Å². The zero-order valence-corrected chi connectivity index (χ0v) is 19.1. The van der Waals surface area contributed by atoms with Gasteiger partial charge >= 0.3 is 5.91 Å². The number of Topliss-reactive ketones (excluding diaryl/α,β-unsaturated/α-hetero) is 1. The van der Waals surface area contributed by atoms with Crippen molar-refractivity contribution < 1.29 is 14.7 Å². The summed E-state index contributed by atoms with van der Waals surface area (Å²) in [6, 6.07) is 12.3. The quantitative estimate of drug-likeness (QED) is 0.281. The first-order valence-electron chi connectivity index (χ1n) is 10.5. The lowest BCUT2D eigenvalue weighted by molar-refractivity contribution is -0.132. The molecule has 0 saturated carbocycles. The molecule has 1 unspecified atom stereocenters. The molecule has 0 spiro atoms. The van der Waals surface area contributed by atoms with E-state index >= 15 is 0 Å². The SMILES string of the molecule is CCc1ccc(C2C(=C(O)c3c(C)nc4ccccn34)C(=O)C(=O)N2c2nnc(C)s2)cc1. The standard InChI is InChI=1S/C24H21N5O3S/c1-4-15-8-10-16(11-9-15)20-18(22(31)23(32)29(20)24-27-26-14(3)33-24)21(30)19-13(2)25-17-7-5-6-12-28(17)19/h5-12,20,30H,4H2,1-3H3. The number of ketones is 1. The van der Waals surface area contributed by atoms with Crippen LogP contribution in [-0.4, -0.2) is 36.4 Å². The molecule has 5 rings (SSSR count). The summed E-state index contributed by atoms with van der Waals surface area (Å²) in [6.45, 7) is 5.60. The number of anilines is 1. The molecule has 1 aliphatic heterocycles. The summed E-state index contributed by atoms with van der Waals surface area (Å²) in [5.41, 5.74) is 3.40. The van der Waals surface area contributed by atoms with Gasteiger partial charge in [0.15, 0.2) is 5.76 Å². The van der Waals surface area contributed by atoms with Gasteiger partial charge in [-0.1, -0.05) is 48.6 Å². The highest BCUT2D eigenvalue weighted by molar-refractivity contribution is 7.15. The van der Waals surface area contributed by atoms with Crippen LogP contribution in [0.4, 0.5) is 5.13 Å². The number of benzene rings is 1. The van der Waals surface area contributed by atoms with Crippen LogP contribution >= 0.6 is 11.3 Å². The molecule has 1 fully saturated rings. The maximum atomic E-state index is 13.3. The summed E-state index contributed by atoms with van der Waals surface area (Å²) in [7, 11) is 0. The van der Waals surface area contributed by atoms with Gasteiger partial charge in [-0.15, -0.1) is 10.2 Å². The van der Waals surface area contributed by atoms with E-state index in [2.05, 4.69) is 22.1 Å². The smallest absolute Gasteiger partial charge is 0.301 e. The van der Waals surface area contributed by atoms with E-state index in [1.807, 2.05) is 42.5 Å². The Morgan fingerprint density at radius 3 is 2.52 bits per heavy atom. The number of aliphatic hydroxyl groups is 1. The van der Waals surface area contributed by atoms with Crippen molar-refractivity contribution in [1.82, 2.24) is 19.6 Å². The maximum absolute atomic E-state index is 13.3. The summed E-state index contributed by atoms with van der Waals surface area (Å²) in [5, 5.41) is 20.6. The molecule has 4 heterocycles. The molecule has 1 saturated heterocycles. The topological polar surface area (TPSA) is 101 Å². The van der Waals surface area contributed by atoms with Gasteiger partial charge in [-0.2, -0.15) is 0 Å². The van der Waals surface area contributed by atoms with Gasteiger partial charge in [0.1, 0.15) is 16.3 Å². The fourth-order valence-corrected chi connectivity index (χ4v) is 4.90. The Labute approximate surface area is 193 Å².